The Labute approximate surface area is 209 Å². The third-order valence-electron chi connectivity index (χ3n) is 6.29. The van der Waals surface area contributed by atoms with Gasteiger partial charge in [-0.3, -0.25) is 19.9 Å². The maximum atomic E-state index is 13.2. The van der Waals surface area contributed by atoms with Crippen molar-refractivity contribution in [2.75, 3.05) is 11.9 Å². The molecule has 1 aromatic carbocycles. The van der Waals surface area contributed by atoms with E-state index in [0.29, 0.717) is 37.3 Å². The zero-order valence-corrected chi connectivity index (χ0v) is 20.2. The molecule has 192 valence electrons. The lowest BCUT2D eigenvalue weighted by atomic mass is 9.85. The normalized spacial score (nSPS) is 24.9. The van der Waals surface area contributed by atoms with E-state index < -0.39 is 28.9 Å². The van der Waals surface area contributed by atoms with Crippen molar-refractivity contribution >= 4 is 35.1 Å². The van der Waals surface area contributed by atoms with E-state index in [4.69, 9.17) is 21.7 Å². The average Bonchev–Trinajstić information content (AvgIpc) is 2.79. The molecule has 2 aliphatic heterocycles. The molecular formula is C23H24ClF3N6O3. The number of hydrogen-bond acceptors (Lipinski definition) is 6. The number of hydrogen-bond donors (Lipinski definition) is 3. The smallest absolute Gasteiger partial charge is 0.378 e. The molecule has 13 heteroatoms. The lowest BCUT2D eigenvalue weighted by molar-refractivity contribution is -0.138. The van der Waals surface area contributed by atoms with Crippen molar-refractivity contribution < 1.29 is 27.5 Å². The largest absolute Gasteiger partial charge is 0.418 e. The Hall–Kier alpha value is -3.25. The molecule has 2 aromatic rings. The van der Waals surface area contributed by atoms with Crippen LogP contribution in [0.15, 0.2) is 30.5 Å². The Bertz CT molecular complexity index is 1190. The molecule has 3 atom stereocenters. The summed E-state index contributed by atoms with van der Waals surface area (Å²) in [6, 6.07) is 5.15. The van der Waals surface area contributed by atoms with Crippen molar-refractivity contribution in [2.24, 2.45) is 0 Å². The maximum Gasteiger partial charge on any atom is 0.418 e. The number of rotatable bonds is 4. The molecule has 0 aliphatic carbocycles. The zero-order chi connectivity index (χ0) is 26.3. The highest BCUT2D eigenvalue weighted by Crippen LogP contribution is 2.38. The summed E-state index contributed by atoms with van der Waals surface area (Å²) in [5.74, 6) is -1.24. The first-order chi connectivity index (χ1) is 16.9. The van der Waals surface area contributed by atoms with Crippen molar-refractivity contribution in [3.63, 3.8) is 0 Å². The number of carbonyl (C=O) groups is 2. The van der Waals surface area contributed by atoms with E-state index >= 15 is 0 Å². The van der Waals surface area contributed by atoms with Gasteiger partial charge >= 0.3 is 6.18 Å². The van der Waals surface area contributed by atoms with E-state index in [1.165, 1.54) is 11.0 Å². The van der Waals surface area contributed by atoms with Gasteiger partial charge in [0.25, 0.3) is 5.91 Å². The average molecular weight is 525 g/mol. The number of guanidine groups is 1. The SMILES string of the molecule is C[C@@H]1C[C@H](N2C(=N)N[C@](C)(c3cccc(NC(=O)c4cc(C(F)(F)F)cnn4)c3Cl)CC2=O)CCO1. The highest BCUT2D eigenvalue weighted by atomic mass is 35.5. The Balaban J connectivity index is 1.55. The second-order valence-corrected chi connectivity index (χ2v) is 9.43. The minimum atomic E-state index is -4.68. The van der Waals surface area contributed by atoms with Crippen molar-refractivity contribution in [3.8, 4) is 0 Å². The van der Waals surface area contributed by atoms with Crippen molar-refractivity contribution in [1.82, 2.24) is 20.4 Å². The van der Waals surface area contributed by atoms with Crippen LogP contribution in [0.5, 0.6) is 0 Å². The van der Waals surface area contributed by atoms with Crippen LogP contribution < -0.4 is 10.6 Å². The molecule has 0 radical (unpaired) electrons. The third kappa shape index (κ3) is 5.14. The summed E-state index contributed by atoms with van der Waals surface area (Å²) < 4.78 is 44.5. The summed E-state index contributed by atoms with van der Waals surface area (Å²) in [7, 11) is 0. The first-order valence-electron chi connectivity index (χ1n) is 11.2. The number of amides is 2. The van der Waals surface area contributed by atoms with Crippen LogP contribution >= 0.6 is 11.6 Å². The Morgan fingerprint density at radius 2 is 2.14 bits per heavy atom. The van der Waals surface area contributed by atoms with Crippen LogP contribution in [-0.4, -0.2) is 51.6 Å². The highest BCUT2D eigenvalue weighted by Gasteiger charge is 2.44. The number of halogens is 4. The van der Waals surface area contributed by atoms with Gasteiger partial charge in [0, 0.05) is 12.6 Å². The molecule has 0 unspecified atom stereocenters. The molecular weight excluding hydrogens is 501 g/mol. The van der Waals surface area contributed by atoms with Crippen LogP contribution in [0.25, 0.3) is 0 Å². The number of nitrogens with zero attached hydrogens (tertiary/aromatic N) is 3. The fraction of sp³-hybridized carbons (Fsp3) is 0.435. The summed E-state index contributed by atoms with van der Waals surface area (Å²) in [6.07, 6.45) is -2.94. The summed E-state index contributed by atoms with van der Waals surface area (Å²) in [6.45, 7) is 4.14. The van der Waals surface area contributed by atoms with E-state index in [-0.39, 0.29) is 41.1 Å². The van der Waals surface area contributed by atoms with E-state index in [1.54, 1.807) is 19.1 Å². The van der Waals surface area contributed by atoms with Crippen LogP contribution in [0.3, 0.4) is 0 Å². The van der Waals surface area contributed by atoms with Gasteiger partial charge in [-0.25, -0.2) is 0 Å². The van der Waals surface area contributed by atoms with Crippen LogP contribution in [0, 0.1) is 5.41 Å². The molecule has 0 saturated carbocycles. The fourth-order valence-electron chi connectivity index (χ4n) is 4.51. The first-order valence-corrected chi connectivity index (χ1v) is 11.6. The molecule has 2 fully saturated rings. The van der Waals surface area contributed by atoms with Crippen LogP contribution in [0.2, 0.25) is 5.02 Å². The van der Waals surface area contributed by atoms with Crippen molar-refractivity contribution in [2.45, 2.75) is 57.0 Å². The van der Waals surface area contributed by atoms with Gasteiger partial charge in [-0.15, -0.1) is 5.10 Å². The number of nitrogens with one attached hydrogen (secondary N) is 3. The molecule has 0 spiro atoms. The van der Waals surface area contributed by atoms with Gasteiger partial charge < -0.3 is 15.4 Å². The van der Waals surface area contributed by atoms with Crippen LogP contribution in [0.4, 0.5) is 18.9 Å². The van der Waals surface area contributed by atoms with Gasteiger partial charge in [0.15, 0.2) is 11.7 Å². The number of ether oxygens (including phenoxy) is 1. The van der Waals surface area contributed by atoms with Crippen molar-refractivity contribution in [3.05, 3.63) is 52.3 Å². The number of benzene rings is 1. The Morgan fingerprint density at radius 3 is 2.81 bits per heavy atom. The number of alkyl halides is 3. The molecule has 0 bridgehead atoms. The van der Waals surface area contributed by atoms with Crippen molar-refractivity contribution in [1.29, 1.82) is 5.41 Å². The molecule has 3 N–H and O–H groups in total. The molecule has 2 saturated heterocycles. The fourth-order valence-corrected chi connectivity index (χ4v) is 4.89. The van der Waals surface area contributed by atoms with Crippen LogP contribution in [-0.2, 0) is 21.2 Å². The minimum Gasteiger partial charge on any atom is -0.378 e. The summed E-state index contributed by atoms with van der Waals surface area (Å²) in [5, 5.41) is 20.9. The molecule has 36 heavy (non-hydrogen) atoms. The molecule has 9 nitrogen and oxygen atoms in total. The van der Waals surface area contributed by atoms with E-state index in [9.17, 15) is 22.8 Å². The summed E-state index contributed by atoms with van der Waals surface area (Å²) >= 11 is 6.58. The monoisotopic (exact) mass is 524 g/mol. The highest BCUT2D eigenvalue weighted by molar-refractivity contribution is 6.35. The minimum absolute atomic E-state index is 0.00264. The van der Waals surface area contributed by atoms with Gasteiger partial charge in [-0.1, -0.05) is 23.7 Å². The van der Waals surface area contributed by atoms with Gasteiger partial charge in [0.05, 0.1) is 40.5 Å². The molecule has 2 aliphatic rings. The maximum absolute atomic E-state index is 13.2. The Kier molecular flexibility index (Phi) is 6.93. The van der Waals surface area contributed by atoms with Gasteiger partial charge in [0.2, 0.25) is 5.91 Å². The van der Waals surface area contributed by atoms with E-state index in [1.807, 2.05) is 6.92 Å². The molecule has 4 rings (SSSR count). The molecule has 1 aromatic heterocycles. The lowest BCUT2D eigenvalue weighted by Gasteiger charge is -2.45. The Morgan fingerprint density at radius 1 is 1.39 bits per heavy atom. The third-order valence-corrected chi connectivity index (χ3v) is 6.69. The topological polar surface area (TPSA) is 120 Å². The standard InChI is InChI=1S/C23H24ClF3N6O3/c1-12-8-14(6-7-36-12)33-18(34)10-22(2,31-21(33)28)15-4-3-5-16(19(15)24)30-20(35)17-9-13(11-29-32-17)23(25,26)27/h3-5,9,11-12,14H,6-8,10H2,1-2H3,(H2,28,31)(H,30,35)/t12-,14-,22+/m1/s1. The summed E-state index contributed by atoms with van der Waals surface area (Å²) in [5.41, 5.74) is -2.15. The first kappa shape index (κ1) is 25.8. The second-order valence-electron chi connectivity index (χ2n) is 9.05. The number of aromatic nitrogens is 2. The van der Waals surface area contributed by atoms with E-state index in [0.717, 1.165) is 0 Å². The number of carbonyl (C=O) groups excluding carboxylic acids is 2. The summed E-state index contributed by atoms with van der Waals surface area (Å²) in [4.78, 5) is 27.2. The van der Waals surface area contributed by atoms with Crippen LogP contribution in [0.1, 0.15) is 54.7 Å². The predicted molar refractivity (Wildman–Crippen MR) is 125 cm³/mol. The quantitative estimate of drug-likeness (QED) is 0.557. The lowest BCUT2D eigenvalue weighted by Crippen LogP contribution is -2.63. The molecule has 2 amide bonds. The van der Waals surface area contributed by atoms with Gasteiger partial charge in [0.1, 0.15) is 0 Å². The second kappa shape index (κ2) is 9.66. The van der Waals surface area contributed by atoms with E-state index in [2.05, 4.69) is 20.8 Å². The van der Waals surface area contributed by atoms with Gasteiger partial charge in [-0.2, -0.15) is 18.3 Å². The predicted octanol–water partition coefficient (Wildman–Crippen LogP) is 3.94. The molecule has 3 heterocycles. The zero-order valence-electron chi connectivity index (χ0n) is 19.4. The number of anilines is 1. The van der Waals surface area contributed by atoms with Gasteiger partial charge in [-0.05, 0) is 44.4 Å².